The van der Waals surface area contributed by atoms with E-state index >= 15 is 0 Å². The van der Waals surface area contributed by atoms with Crippen molar-refractivity contribution in [2.45, 2.75) is 32.7 Å². The molecule has 0 unspecified atom stereocenters. The Morgan fingerprint density at radius 3 is 2.50 bits per heavy atom. The summed E-state index contributed by atoms with van der Waals surface area (Å²) < 4.78 is 10.8. The highest BCUT2D eigenvalue weighted by Crippen LogP contribution is 2.27. The van der Waals surface area contributed by atoms with Gasteiger partial charge in [0.25, 0.3) is 0 Å². The summed E-state index contributed by atoms with van der Waals surface area (Å²) in [5, 5.41) is 3.40. The van der Waals surface area contributed by atoms with Crippen LogP contribution in [-0.4, -0.2) is 6.54 Å². The summed E-state index contributed by atoms with van der Waals surface area (Å²) in [6.07, 6.45) is 4.53. The van der Waals surface area contributed by atoms with Gasteiger partial charge in [-0.1, -0.05) is 13.8 Å². The van der Waals surface area contributed by atoms with Gasteiger partial charge in [-0.2, -0.15) is 0 Å². The molecule has 2 aromatic heterocycles. The van der Waals surface area contributed by atoms with Gasteiger partial charge in [0.2, 0.25) is 0 Å². The average Bonchev–Trinajstić information content (AvgIpc) is 3.00. The van der Waals surface area contributed by atoms with Crippen molar-refractivity contribution >= 4 is 0 Å². The zero-order valence-electron chi connectivity index (χ0n) is 11.1. The Balaban J connectivity index is 1.76. The molecule has 0 amide bonds. The van der Waals surface area contributed by atoms with Crippen molar-refractivity contribution < 1.29 is 8.83 Å². The molecule has 0 aliphatic carbocycles. The van der Waals surface area contributed by atoms with E-state index in [1.807, 2.05) is 18.2 Å². The third-order valence-corrected chi connectivity index (χ3v) is 3.22. The van der Waals surface area contributed by atoms with E-state index in [2.05, 4.69) is 25.2 Å². The lowest BCUT2D eigenvalue weighted by molar-refractivity contribution is 0.369. The van der Waals surface area contributed by atoms with E-state index in [-0.39, 0.29) is 0 Å². The molecule has 0 aromatic carbocycles. The molecule has 2 aromatic rings. The Morgan fingerprint density at radius 2 is 1.89 bits per heavy atom. The number of furan rings is 2. The van der Waals surface area contributed by atoms with Crippen LogP contribution >= 0.6 is 0 Å². The molecule has 0 fully saturated rings. The first-order chi connectivity index (χ1) is 8.77. The SMILES string of the molecule is CC(C)[C@@H](CCNCc1ccco1)c1ccco1. The molecule has 0 saturated heterocycles. The average molecular weight is 247 g/mol. The van der Waals surface area contributed by atoms with Crippen LogP contribution in [0.2, 0.25) is 0 Å². The topological polar surface area (TPSA) is 38.3 Å². The molecule has 98 valence electrons. The molecule has 0 aliphatic heterocycles. The van der Waals surface area contributed by atoms with Crippen molar-refractivity contribution in [3.8, 4) is 0 Å². The zero-order chi connectivity index (χ0) is 12.8. The molecule has 0 radical (unpaired) electrons. The normalized spacial score (nSPS) is 13.1. The quantitative estimate of drug-likeness (QED) is 0.756. The van der Waals surface area contributed by atoms with Gasteiger partial charge in [0.05, 0.1) is 19.1 Å². The molecule has 0 spiro atoms. The van der Waals surface area contributed by atoms with Gasteiger partial charge in [0.15, 0.2) is 0 Å². The monoisotopic (exact) mass is 247 g/mol. The summed E-state index contributed by atoms with van der Waals surface area (Å²) in [6.45, 7) is 6.22. The second kappa shape index (κ2) is 6.45. The van der Waals surface area contributed by atoms with Crippen molar-refractivity contribution in [2.24, 2.45) is 5.92 Å². The molecule has 1 N–H and O–H groups in total. The van der Waals surface area contributed by atoms with Gasteiger partial charge in [-0.3, -0.25) is 0 Å². The Bertz CT molecular complexity index is 417. The third kappa shape index (κ3) is 3.50. The summed E-state index contributed by atoms with van der Waals surface area (Å²) in [4.78, 5) is 0. The van der Waals surface area contributed by atoms with Crippen LogP contribution in [0, 0.1) is 5.92 Å². The van der Waals surface area contributed by atoms with Crippen molar-refractivity contribution in [3.63, 3.8) is 0 Å². The first kappa shape index (κ1) is 13.0. The molecule has 1 atom stereocenters. The number of hydrogen-bond acceptors (Lipinski definition) is 3. The van der Waals surface area contributed by atoms with E-state index in [4.69, 9.17) is 8.83 Å². The number of hydrogen-bond donors (Lipinski definition) is 1. The van der Waals surface area contributed by atoms with E-state index in [0.717, 1.165) is 31.0 Å². The predicted octanol–water partition coefficient (Wildman–Crippen LogP) is 3.79. The van der Waals surface area contributed by atoms with Crippen LogP contribution in [0.4, 0.5) is 0 Å². The fourth-order valence-corrected chi connectivity index (χ4v) is 2.19. The smallest absolute Gasteiger partial charge is 0.117 e. The Morgan fingerprint density at radius 1 is 1.11 bits per heavy atom. The molecule has 0 saturated carbocycles. The van der Waals surface area contributed by atoms with Crippen molar-refractivity contribution in [1.29, 1.82) is 0 Å². The first-order valence-corrected chi connectivity index (χ1v) is 6.54. The van der Waals surface area contributed by atoms with Crippen LogP contribution in [-0.2, 0) is 6.54 Å². The van der Waals surface area contributed by atoms with Crippen LogP contribution in [0.3, 0.4) is 0 Å². The standard InChI is InChI=1S/C15H21NO2/c1-12(2)14(15-6-4-10-18-15)7-8-16-11-13-5-3-9-17-13/h3-6,9-10,12,14,16H,7-8,11H2,1-2H3/t14-/m1/s1. The van der Waals surface area contributed by atoms with Gasteiger partial charge in [0, 0.05) is 5.92 Å². The molecule has 0 aliphatic rings. The minimum absolute atomic E-state index is 0.476. The maximum Gasteiger partial charge on any atom is 0.117 e. The number of nitrogens with one attached hydrogen (secondary N) is 1. The number of rotatable bonds is 7. The molecule has 2 heterocycles. The first-order valence-electron chi connectivity index (χ1n) is 6.54. The van der Waals surface area contributed by atoms with Gasteiger partial charge in [-0.25, -0.2) is 0 Å². The zero-order valence-corrected chi connectivity index (χ0v) is 11.1. The lowest BCUT2D eigenvalue weighted by atomic mass is 9.90. The van der Waals surface area contributed by atoms with E-state index in [1.165, 1.54) is 0 Å². The van der Waals surface area contributed by atoms with Gasteiger partial charge in [-0.15, -0.1) is 0 Å². The fourth-order valence-electron chi connectivity index (χ4n) is 2.19. The Kier molecular flexibility index (Phi) is 4.65. The molecule has 2 rings (SSSR count). The van der Waals surface area contributed by atoms with Crippen LogP contribution in [0.5, 0.6) is 0 Å². The molecule has 18 heavy (non-hydrogen) atoms. The molecular formula is C15H21NO2. The predicted molar refractivity (Wildman–Crippen MR) is 71.3 cm³/mol. The van der Waals surface area contributed by atoms with E-state index in [1.54, 1.807) is 12.5 Å². The maximum atomic E-state index is 5.51. The van der Waals surface area contributed by atoms with E-state index in [0.29, 0.717) is 11.8 Å². The molecule has 3 heteroatoms. The highest BCUT2D eigenvalue weighted by molar-refractivity contribution is 5.06. The van der Waals surface area contributed by atoms with Gasteiger partial charge in [0.1, 0.15) is 11.5 Å². The summed E-state index contributed by atoms with van der Waals surface area (Å²) in [7, 11) is 0. The highest BCUT2D eigenvalue weighted by atomic mass is 16.3. The van der Waals surface area contributed by atoms with Crippen LogP contribution in [0.15, 0.2) is 45.6 Å². The summed E-state index contributed by atoms with van der Waals surface area (Å²) in [5.74, 6) is 3.13. The largest absolute Gasteiger partial charge is 0.469 e. The van der Waals surface area contributed by atoms with Crippen LogP contribution in [0.1, 0.15) is 37.7 Å². The summed E-state index contributed by atoms with van der Waals surface area (Å²) >= 11 is 0. The van der Waals surface area contributed by atoms with Gasteiger partial charge < -0.3 is 14.2 Å². The summed E-state index contributed by atoms with van der Waals surface area (Å²) in [5.41, 5.74) is 0. The van der Waals surface area contributed by atoms with Gasteiger partial charge in [-0.05, 0) is 43.1 Å². The maximum absolute atomic E-state index is 5.51. The minimum atomic E-state index is 0.476. The fraction of sp³-hybridized carbons (Fsp3) is 0.467. The van der Waals surface area contributed by atoms with Crippen LogP contribution < -0.4 is 5.32 Å². The Labute approximate surface area is 108 Å². The van der Waals surface area contributed by atoms with Gasteiger partial charge >= 0.3 is 0 Å². The van der Waals surface area contributed by atoms with Crippen molar-refractivity contribution in [2.75, 3.05) is 6.54 Å². The van der Waals surface area contributed by atoms with Crippen LogP contribution in [0.25, 0.3) is 0 Å². The second-order valence-corrected chi connectivity index (χ2v) is 4.91. The van der Waals surface area contributed by atoms with Crippen molar-refractivity contribution in [3.05, 3.63) is 48.3 Å². The second-order valence-electron chi connectivity index (χ2n) is 4.91. The Hall–Kier alpha value is -1.48. The molecular weight excluding hydrogens is 226 g/mol. The lowest BCUT2D eigenvalue weighted by Gasteiger charge is -2.18. The van der Waals surface area contributed by atoms with Crippen molar-refractivity contribution in [1.82, 2.24) is 5.32 Å². The summed E-state index contributed by atoms with van der Waals surface area (Å²) in [6, 6.07) is 7.93. The lowest BCUT2D eigenvalue weighted by Crippen LogP contribution is -2.18. The van der Waals surface area contributed by atoms with E-state index < -0.39 is 0 Å². The minimum Gasteiger partial charge on any atom is -0.469 e. The third-order valence-electron chi connectivity index (χ3n) is 3.22. The highest BCUT2D eigenvalue weighted by Gasteiger charge is 2.17. The van der Waals surface area contributed by atoms with E-state index in [9.17, 15) is 0 Å². The molecule has 3 nitrogen and oxygen atoms in total. The molecule has 0 bridgehead atoms.